The van der Waals surface area contributed by atoms with E-state index in [0.29, 0.717) is 25.1 Å². The van der Waals surface area contributed by atoms with Gasteiger partial charge in [-0.1, -0.05) is 0 Å². The number of fused-ring (bicyclic) bond motifs is 1. The van der Waals surface area contributed by atoms with Crippen LogP contribution in [0.1, 0.15) is 18.4 Å². The minimum absolute atomic E-state index is 0.00945. The second kappa shape index (κ2) is 5.40. The SMILES string of the molecule is CN(C(=O)CCCl)c1ccc2c(c1)CCC(=O)N2. The van der Waals surface area contributed by atoms with E-state index in [2.05, 4.69) is 5.32 Å². The summed E-state index contributed by atoms with van der Waals surface area (Å²) in [7, 11) is 1.73. The van der Waals surface area contributed by atoms with Crippen LogP contribution in [0.4, 0.5) is 11.4 Å². The monoisotopic (exact) mass is 266 g/mol. The number of hydrogen-bond acceptors (Lipinski definition) is 2. The van der Waals surface area contributed by atoms with Crippen molar-refractivity contribution in [2.45, 2.75) is 19.3 Å². The Morgan fingerprint density at radius 1 is 1.44 bits per heavy atom. The van der Waals surface area contributed by atoms with Crippen molar-refractivity contribution in [1.82, 2.24) is 0 Å². The van der Waals surface area contributed by atoms with E-state index in [9.17, 15) is 9.59 Å². The summed E-state index contributed by atoms with van der Waals surface area (Å²) in [6.07, 6.45) is 1.54. The van der Waals surface area contributed by atoms with Crippen molar-refractivity contribution < 1.29 is 9.59 Å². The highest BCUT2D eigenvalue weighted by atomic mass is 35.5. The topological polar surface area (TPSA) is 49.4 Å². The molecule has 0 spiro atoms. The molecule has 96 valence electrons. The molecule has 1 aliphatic rings. The molecule has 0 saturated heterocycles. The number of rotatable bonds is 3. The number of alkyl halides is 1. The van der Waals surface area contributed by atoms with Gasteiger partial charge in [-0.05, 0) is 30.2 Å². The molecule has 4 nitrogen and oxygen atoms in total. The van der Waals surface area contributed by atoms with Crippen molar-refractivity contribution >= 4 is 34.8 Å². The smallest absolute Gasteiger partial charge is 0.227 e. The number of halogens is 1. The van der Waals surface area contributed by atoms with Crippen LogP contribution in [0.2, 0.25) is 0 Å². The summed E-state index contributed by atoms with van der Waals surface area (Å²) in [5, 5.41) is 2.82. The molecule has 1 aromatic carbocycles. The molecule has 0 unspecified atom stereocenters. The molecule has 2 amide bonds. The van der Waals surface area contributed by atoms with Crippen molar-refractivity contribution in [2.75, 3.05) is 23.1 Å². The average Bonchev–Trinajstić information content (AvgIpc) is 2.37. The first kappa shape index (κ1) is 12.9. The fourth-order valence-corrected chi connectivity index (χ4v) is 2.13. The van der Waals surface area contributed by atoms with E-state index in [1.54, 1.807) is 11.9 Å². The summed E-state index contributed by atoms with van der Waals surface area (Å²) in [5.41, 5.74) is 2.74. The van der Waals surface area contributed by atoms with Crippen LogP contribution in [0.5, 0.6) is 0 Å². The van der Waals surface area contributed by atoms with Gasteiger partial charge in [-0.2, -0.15) is 0 Å². The number of anilines is 2. The van der Waals surface area contributed by atoms with Crippen molar-refractivity contribution in [3.8, 4) is 0 Å². The van der Waals surface area contributed by atoms with Gasteiger partial charge in [-0.25, -0.2) is 0 Å². The molecule has 2 rings (SSSR count). The number of nitrogens with one attached hydrogen (secondary N) is 1. The largest absolute Gasteiger partial charge is 0.326 e. The zero-order valence-electron chi connectivity index (χ0n) is 10.2. The molecule has 0 bridgehead atoms. The maximum atomic E-state index is 11.7. The Morgan fingerprint density at radius 2 is 2.22 bits per heavy atom. The van der Waals surface area contributed by atoms with Gasteiger partial charge in [-0.15, -0.1) is 11.6 Å². The van der Waals surface area contributed by atoms with Crippen LogP contribution < -0.4 is 10.2 Å². The molecule has 0 radical (unpaired) electrons. The van der Waals surface area contributed by atoms with Gasteiger partial charge in [-0.3, -0.25) is 9.59 Å². The van der Waals surface area contributed by atoms with Crippen molar-refractivity contribution in [3.05, 3.63) is 23.8 Å². The van der Waals surface area contributed by atoms with E-state index < -0.39 is 0 Å². The van der Waals surface area contributed by atoms with E-state index >= 15 is 0 Å². The lowest BCUT2D eigenvalue weighted by Crippen LogP contribution is -2.27. The Morgan fingerprint density at radius 3 is 2.94 bits per heavy atom. The third-order valence-electron chi connectivity index (χ3n) is 3.05. The van der Waals surface area contributed by atoms with Gasteiger partial charge in [0.2, 0.25) is 11.8 Å². The van der Waals surface area contributed by atoms with Gasteiger partial charge in [0.15, 0.2) is 0 Å². The first-order chi connectivity index (χ1) is 8.61. The molecule has 0 saturated carbocycles. The Bertz CT molecular complexity index is 488. The molecule has 18 heavy (non-hydrogen) atoms. The van der Waals surface area contributed by atoms with E-state index in [1.165, 1.54) is 0 Å². The second-order valence-corrected chi connectivity index (χ2v) is 4.66. The first-order valence-electron chi connectivity index (χ1n) is 5.87. The van der Waals surface area contributed by atoms with Gasteiger partial charge in [0.25, 0.3) is 0 Å². The molecule has 1 N–H and O–H groups in total. The van der Waals surface area contributed by atoms with Gasteiger partial charge in [0.1, 0.15) is 0 Å². The summed E-state index contributed by atoms with van der Waals surface area (Å²) in [4.78, 5) is 24.6. The highest BCUT2D eigenvalue weighted by Crippen LogP contribution is 2.27. The quantitative estimate of drug-likeness (QED) is 0.853. The Balaban J connectivity index is 2.21. The Kier molecular flexibility index (Phi) is 3.87. The van der Waals surface area contributed by atoms with Crippen LogP contribution in [0.25, 0.3) is 0 Å². The molecular weight excluding hydrogens is 252 g/mol. The molecular formula is C13H15ClN2O2. The third kappa shape index (κ3) is 2.64. The zero-order chi connectivity index (χ0) is 13.1. The van der Waals surface area contributed by atoms with Crippen molar-refractivity contribution in [1.29, 1.82) is 0 Å². The molecule has 0 fully saturated rings. The van der Waals surface area contributed by atoms with Gasteiger partial charge < -0.3 is 10.2 Å². The summed E-state index contributed by atoms with van der Waals surface area (Å²) >= 11 is 5.56. The number of benzene rings is 1. The van der Waals surface area contributed by atoms with Crippen LogP contribution in [0, 0.1) is 0 Å². The lowest BCUT2D eigenvalue weighted by molar-refractivity contribution is -0.118. The fourth-order valence-electron chi connectivity index (χ4n) is 1.97. The average molecular weight is 267 g/mol. The van der Waals surface area contributed by atoms with Crippen LogP contribution in [-0.4, -0.2) is 24.7 Å². The number of carbonyl (C=O) groups is 2. The number of carbonyl (C=O) groups excluding carboxylic acids is 2. The first-order valence-corrected chi connectivity index (χ1v) is 6.40. The lowest BCUT2D eigenvalue weighted by atomic mass is 10.0. The molecule has 0 aromatic heterocycles. The fraction of sp³-hybridized carbons (Fsp3) is 0.385. The molecule has 1 heterocycles. The zero-order valence-corrected chi connectivity index (χ0v) is 11.0. The second-order valence-electron chi connectivity index (χ2n) is 4.28. The predicted molar refractivity (Wildman–Crippen MR) is 72.1 cm³/mol. The minimum Gasteiger partial charge on any atom is -0.326 e. The number of aryl methyl sites for hydroxylation is 1. The van der Waals surface area contributed by atoms with Gasteiger partial charge in [0.05, 0.1) is 0 Å². The van der Waals surface area contributed by atoms with Crippen LogP contribution in [0.3, 0.4) is 0 Å². The molecule has 0 aliphatic carbocycles. The van der Waals surface area contributed by atoms with Gasteiger partial charge >= 0.3 is 0 Å². The van der Waals surface area contributed by atoms with E-state index in [0.717, 1.165) is 16.9 Å². The molecule has 1 aromatic rings. The van der Waals surface area contributed by atoms with Crippen LogP contribution >= 0.6 is 11.6 Å². The van der Waals surface area contributed by atoms with Crippen molar-refractivity contribution in [2.24, 2.45) is 0 Å². The van der Waals surface area contributed by atoms with Crippen molar-refractivity contribution in [3.63, 3.8) is 0 Å². The maximum Gasteiger partial charge on any atom is 0.227 e. The van der Waals surface area contributed by atoms with E-state index in [-0.39, 0.29) is 11.8 Å². The van der Waals surface area contributed by atoms with Crippen LogP contribution in [0.15, 0.2) is 18.2 Å². The highest BCUT2D eigenvalue weighted by Gasteiger charge is 2.17. The highest BCUT2D eigenvalue weighted by molar-refractivity contribution is 6.19. The van der Waals surface area contributed by atoms with E-state index in [1.807, 2.05) is 18.2 Å². The summed E-state index contributed by atoms with van der Waals surface area (Å²) in [6, 6.07) is 5.61. The van der Waals surface area contributed by atoms with Gasteiger partial charge in [0, 0.05) is 37.1 Å². The summed E-state index contributed by atoms with van der Waals surface area (Å²) < 4.78 is 0. The number of amides is 2. The number of nitrogens with zero attached hydrogens (tertiary/aromatic N) is 1. The van der Waals surface area contributed by atoms with Crippen LogP contribution in [-0.2, 0) is 16.0 Å². The Hall–Kier alpha value is -1.55. The molecule has 0 atom stereocenters. The molecule has 5 heteroatoms. The minimum atomic E-state index is -0.00945. The number of hydrogen-bond donors (Lipinski definition) is 1. The summed E-state index contributed by atoms with van der Waals surface area (Å²) in [5.74, 6) is 0.357. The Labute approximate surface area is 111 Å². The third-order valence-corrected chi connectivity index (χ3v) is 3.24. The standard InChI is InChI=1S/C13H15ClN2O2/c1-16(13(18)6-7-14)10-3-4-11-9(8-10)2-5-12(17)15-11/h3-4,8H,2,5-7H2,1H3,(H,15,17). The van der Waals surface area contributed by atoms with E-state index in [4.69, 9.17) is 11.6 Å². The maximum absolute atomic E-state index is 11.7. The lowest BCUT2D eigenvalue weighted by Gasteiger charge is -2.21. The molecule has 1 aliphatic heterocycles. The summed E-state index contributed by atoms with van der Waals surface area (Å²) in [6.45, 7) is 0. The normalized spacial score (nSPS) is 13.8. The predicted octanol–water partition coefficient (Wildman–Crippen LogP) is 2.16.